The van der Waals surface area contributed by atoms with Gasteiger partial charge < -0.3 is 19.7 Å². The molecule has 0 saturated heterocycles. The molecule has 10 heteroatoms. The van der Waals surface area contributed by atoms with Gasteiger partial charge >= 0.3 is 0 Å². The summed E-state index contributed by atoms with van der Waals surface area (Å²) in [5.41, 5.74) is 1.46. The third-order valence-corrected chi connectivity index (χ3v) is 4.83. The number of carbonyl (C=O) groups excluding carboxylic acids is 2. The Hall–Kier alpha value is -3.27. The highest BCUT2D eigenvalue weighted by molar-refractivity contribution is 7.92. The minimum absolute atomic E-state index is 0.117. The fraction of sp³-hybridized carbons (Fsp3) is 0.300. The molecule has 9 nitrogen and oxygen atoms in total. The highest BCUT2D eigenvalue weighted by atomic mass is 32.2. The average Bonchev–Trinajstić information content (AvgIpc) is 2.67. The predicted octanol–water partition coefficient (Wildman–Crippen LogP) is 2.06. The first kappa shape index (κ1) is 21.4. The lowest BCUT2D eigenvalue weighted by molar-refractivity contribution is -0.114. The number of carbonyl (C=O) groups is 2. The number of rotatable bonds is 6. The van der Waals surface area contributed by atoms with Crippen molar-refractivity contribution in [3.8, 4) is 11.5 Å². The number of fused-ring (bicyclic) bond motifs is 1. The monoisotopic (exact) mass is 433 g/mol. The van der Waals surface area contributed by atoms with Gasteiger partial charge in [-0.1, -0.05) is 6.07 Å². The fourth-order valence-corrected chi connectivity index (χ4v) is 3.61. The number of benzene rings is 2. The molecule has 1 heterocycles. The second-order valence-electron chi connectivity index (χ2n) is 6.96. The predicted molar refractivity (Wildman–Crippen MR) is 112 cm³/mol. The van der Waals surface area contributed by atoms with Gasteiger partial charge in [0.25, 0.3) is 5.91 Å². The maximum atomic E-state index is 13.1. The smallest absolute Gasteiger partial charge is 0.256 e. The SMILES string of the molecule is CC(=O)Nc1ccc(NS(C)(=O)=O)c(C(=O)N(C)Cc2ccc3c(c2)OCCO3)c1. The zero-order valence-electron chi connectivity index (χ0n) is 16.9. The van der Waals surface area contributed by atoms with Crippen LogP contribution in [0.2, 0.25) is 0 Å². The number of amides is 2. The topological polar surface area (TPSA) is 114 Å². The van der Waals surface area contributed by atoms with Crippen LogP contribution in [0.25, 0.3) is 0 Å². The van der Waals surface area contributed by atoms with Crippen molar-refractivity contribution >= 4 is 33.2 Å². The molecule has 0 bridgehead atoms. The van der Waals surface area contributed by atoms with Crippen LogP contribution < -0.4 is 19.5 Å². The van der Waals surface area contributed by atoms with Crippen LogP contribution in [-0.2, 0) is 21.4 Å². The Kier molecular flexibility index (Phi) is 6.16. The summed E-state index contributed by atoms with van der Waals surface area (Å²) in [7, 11) is -2.00. The molecule has 0 atom stereocenters. The second kappa shape index (κ2) is 8.62. The van der Waals surface area contributed by atoms with Crippen molar-refractivity contribution in [2.24, 2.45) is 0 Å². The van der Waals surface area contributed by atoms with Crippen molar-refractivity contribution in [3.63, 3.8) is 0 Å². The Morgan fingerprint density at radius 3 is 2.43 bits per heavy atom. The van der Waals surface area contributed by atoms with Crippen molar-refractivity contribution in [2.45, 2.75) is 13.5 Å². The first-order valence-corrected chi connectivity index (χ1v) is 11.0. The van der Waals surface area contributed by atoms with Crippen molar-refractivity contribution in [1.82, 2.24) is 4.90 Å². The molecular weight excluding hydrogens is 410 g/mol. The molecule has 2 N–H and O–H groups in total. The molecular formula is C20H23N3O6S. The Bertz CT molecular complexity index is 1080. The lowest BCUT2D eigenvalue weighted by Gasteiger charge is -2.22. The van der Waals surface area contributed by atoms with Crippen LogP contribution in [0.4, 0.5) is 11.4 Å². The van der Waals surface area contributed by atoms with Crippen LogP contribution >= 0.6 is 0 Å². The zero-order valence-corrected chi connectivity index (χ0v) is 17.7. The minimum atomic E-state index is -3.60. The molecule has 1 aliphatic rings. The Labute approximate surface area is 175 Å². The molecule has 0 radical (unpaired) electrons. The standard InChI is InChI=1S/C20H23N3O6S/c1-13(24)21-15-5-6-17(22-30(3,26)27)16(11-15)20(25)23(2)12-14-4-7-18-19(10-14)29-9-8-28-18/h4-7,10-11,22H,8-9,12H2,1-3H3,(H,21,24). The van der Waals surface area contributed by atoms with Gasteiger partial charge in [-0.05, 0) is 35.9 Å². The molecule has 2 aromatic rings. The maximum absolute atomic E-state index is 13.1. The zero-order chi connectivity index (χ0) is 21.9. The lowest BCUT2D eigenvalue weighted by atomic mass is 10.1. The molecule has 2 amide bonds. The molecule has 30 heavy (non-hydrogen) atoms. The maximum Gasteiger partial charge on any atom is 0.256 e. The number of ether oxygens (including phenoxy) is 2. The van der Waals surface area contributed by atoms with Gasteiger partial charge in [0.1, 0.15) is 13.2 Å². The van der Waals surface area contributed by atoms with E-state index >= 15 is 0 Å². The van der Waals surface area contributed by atoms with Gasteiger partial charge in [0.05, 0.1) is 17.5 Å². The van der Waals surface area contributed by atoms with E-state index in [1.807, 2.05) is 12.1 Å². The Morgan fingerprint density at radius 1 is 1.07 bits per heavy atom. The van der Waals surface area contributed by atoms with E-state index in [9.17, 15) is 18.0 Å². The van der Waals surface area contributed by atoms with Gasteiger partial charge in [-0.15, -0.1) is 0 Å². The van der Waals surface area contributed by atoms with Crippen molar-refractivity contribution in [2.75, 3.05) is 36.6 Å². The third kappa shape index (κ3) is 5.41. The molecule has 1 aliphatic heterocycles. The van der Waals surface area contributed by atoms with Crippen LogP contribution in [0.15, 0.2) is 36.4 Å². The average molecular weight is 433 g/mol. The van der Waals surface area contributed by atoms with Crippen LogP contribution in [-0.4, -0.2) is 51.6 Å². The highest BCUT2D eigenvalue weighted by Gasteiger charge is 2.20. The Morgan fingerprint density at radius 2 is 1.77 bits per heavy atom. The van der Waals surface area contributed by atoms with Gasteiger partial charge in [0.15, 0.2) is 11.5 Å². The number of nitrogens with one attached hydrogen (secondary N) is 2. The van der Waals surface area contributed by atoms with E-state index in [0.717, 1.165) is 11.8 Å². The number of hydrogen-bond acceptors (Lipinski definition) is 6. The van der Waals surface area contributed by atoms with Crippen LogP contribution in [0.1, 0.15) is 22.8 Å². The molecule has 0 saturated carbocycles. The lowest BCUT2D eigenvalue weighted by Crippen LogP contribution is -2.28. The van der Waals surface area contributed by atoms with E-state index in [1.165, 1.54) is 30.0 Å². The molecule has 0 aliphatic carbocycles. The van der Waals surface area contributed by atoms with E-state index in [-0.39, 0.29) is 23.7 Å². The van der Waals surface area contributed by atoms with E-state index in [4.69, 9.17) is 9.47 Å². The quantitative estimate of drug-likeness (QED) is 0.721. The molecule has 3 rings (SSSR count). The summed E-state index contributed by atoms with van der Waals surface area (Å²) in [4.78, 5) is 25.9. The first-order valence-electron chi connectivity index (χ1n) is 9.16. The largest absolute Gasteiger partial charge is 0.486 e. The summed E-state index contributed by atoms with van der Waals surface area (Å²) in [6.45, 7) is 2.56. The summed E-state index contributed by atoms with van der Waals surface area (Å²) >= 11 is 0. The molecule has 0 unspecified atom stereocenters. The first-order chi connectivity index (χ1) is 14.1. The number of anilines is 2. The number of hydrogen-bond donors (Lipinski definition) is 2. The number of nitrogens with zero attached hydrogens (tertiary/aromatic N) is 1. The van der Waals surface area contributed by atoms with Gasteiger partial charge in [-0.2, -0.15) is 0 Å². The molecule has 2 aromatic carbocycles. The normalized spacial score (nSPS) is 12.8. The summed E-state index contributed by atoms with van der Waals surface area (Å²) in [6, 6.07) is 9.83. The van der Waals surface area contributed by atoms with E-state index < -0.39 is 15.9 Å². The van der Waals surface area contributed by atoms with Gasteiger partial charge in [0.2, 0.25) is 15.9 Å². The minimum Gasteiger partial charge on any atom is -0.486 e. The van der Waals surface area contributed by atoms with E-state index in [0.29, 0.717) is 30.4 Å². The van der Waals surface area contributed by atoms with E-state index in [1.54, 1.807) is 13.1 Å². The van der Waals surface area contributed by atoms with Crippen LogP contribution in [0.3, 0.4) is 0 Å². The van der Waals surface area contributed by atoms with Crippen molar-refractivity contribution < 1.29 is 27.5 Å². The van der Waals surface area contributed by atoms with E-state index in [2.05, 4.69) is 10.0 Å². The summed E-state index contributed by atoms with van der Waals surface area (Å²) in [5.74, 6) is 0.554. The summed E-state index contributed by atoms with van der Waals surface area (Å²) in [5, 5.41) is 2.60. The molecule has 0 aromatic heterocycles. The summed E-state index contributed by atoms with van der Waals surface area (Å²) in [6.07, 6.45) is 1.00. The van der Waals surface area contributed by atoms with Gasteiger partial charge in [0, 0.05) is 26.2 Å². The van der Waals surface area contributed by atoms with Crippen LogP contribution in [0, 0.1) is 0 Å². The van der Waals surface area contributed by atoms with Crippen molar-refractivity contribution in [1.29, 1.82) is 0 Å². The molecule has 0 spiro atoms. The van der Waals surface area contributed by atoms with Gasteiger partial charge in [-0.3, -0.25) is 14.3 Å². The second-order valence-corrected chi connectivity index (χ2v) is 8.70. The Balaban J connectivity index is 1.86. The third-order valence-electron chi connectivity index (χ3n) is 4.24. The summed E-state index contributed by atoms with van der Waals surface area (Å²) < 4.78 is 36.8. The van der Waals surface area contributed by atoms with Gasteiger partial charge in [-0.25, -0.2) is 8.42 Å². The van der Waals surface area contributed by atoms with Crippen molar-refractivity contribution in [3.05, 3.63) is 47.5 Å². The number of sulfonamides is 1. The highest BCUT2D eigenvalue weighted by Crippen LogP contribution is 2.31. The molecule has 160 valence electrons. The molecule has 0 fully saturated rings. The van der Waals surface area contributed by atoms with Crippen LogP contribution in [0.5, 0.6) is 11.5 Å². The fourth-order valence-electron chi connectivity index (χ4n) is 3.03.